The number of terminal acetylenes is 1. The van der Waals surface area contributed by atoms with Gasteiger partial charge < -0.3 is 0 Å². The summed E-state index contributed by atoms with van der Waals surface area (Å²) in [4.78, 5) is 0. The lowest BCUT2D eigenvalue weighted by Crippen LogP contribution is -2.34. The topological polar surface area (TPSA) is 0 Å². The number of rotatable bonds is 9. The van der Waals surface area contributed by atoms with E-state index >= 15 is 0 Å². The van der Waals surface area contributed by atoms with Crippen molar-refractivity contribution in [2.75, 3.05) is 0 Å². The van der Waals surface area contributed by atoms with Gasteiger partial charge in [0, 0.05) is 11.5 Å². The molecule has 2 unspecified atom stereocenters. The minimum absolute atomic E-state index is 0.466. The lowest BCUT2D eigenvalue weighted by molar-refractivity contribution is 0.0657. The smallest absolute Gasteiger partial charge is 0.0242 e. The van der Waals surface area contributed by atoms with E-state index in [0.717, 1.165) is 30.2 Å². The fraction of sp³-hybridized carbons (Fsp3) is 0.463. The Morgan fingerprint density at radius 2 is 1.51 bits per heavy atom. The summed E-state index contributed by atoms with van der Waals surface area (Å²) < 4.78 is 0. The molecule has 0 aromatic heterocycles. The van der Waals surface area contributed by atoms with Crippen LogP contribution in [0.15, 0.2) is 91.0 Å². The maximum absolute atomic E-state index is 5.56. The average molecular weight is 541 g/mol. The van der Waals surface area contributed by atoms with E-state index in [1.807, 2.05) is 0 Å². The quantitative estimate of drug-likeness (QED) is 0.187. The van der Waals surface area contributed by atoms with Crippen LogP contribution >= 0.6 is 0 Å². The maximum Gasteiger partial charge on any atom is 0.0242 e. The van der Waals surface area contributed by atoms with Gasteiger partial charge in [0.1, 0.15) is 0 Å². The van der Waals surface area contributed by atoms with Gasteiger partial charge >= 0.3 is 0 Å². The van der Waals surface area contributed by atoms with Gasteiger partial charge in [0.15, 0.2) is 0 Å². The highest BCUT2D eigenvalue weighted by Gasteiger charge is 2.41. The van der Waals surface area contributed by atoms with Crippen LogP contribution in [0.3, 0.4) is 0 Å². The van der Waals surface area contributed by atoms with E-state index < -0.39 is 0 Å². The second-order valence-corrected chi connectivity index (χ2v) is 13.8. The van der Waals surface area contributed by atoms with E-state index in [0.29, 0.717) is 17.3 Å². The molecule has 0 N–H and O–H groups in total. The molecule has 0 radical (unpaired) electrons. The number of hydrogen-bond donors (Lipinski definition) is 0. The summed E-state index contributed by atoms with van der Waals surface area (Å²) in [5, 5.41) is 0. The SMILES string of the molecule is C#Cc1ccc(CC2CCC(C(C(=C)CCc3ccccc3)c3ccc(C4CCCC5(CCC5)C4)cc3)CC2)cc1. The van der Waals surface area contributed by atoms with Crippen molar-refractivity contribution >= 4 is 0 Å². The maximum atomic E-state index is 5.56. The summed E-state index contributed by atoms with van der Waals surface area (Å²) in [6, 6.07) is 29.6. The average Bonchev–Trinajstić information content (AvgIpc) is 3.01. The molecule has 3 aromatic rings. The van der Waals surface area contributed by atoms with Crippen LogP contribution in [0.5, 0.6) is 0 Å². The molecule has 0 saturated heterocycles. The van der Waals surface area contributed by atoms with Crippen LogP contribution in [0.2, 0.25) is 0 Å². The lowest BCUT2D eigenvalue weighted by Gasteiger charge is -2.48. The number of allylic oxidation sites excluding steroid dienone is 1. The van der Waals surface area contributed by atoms with Crippen molar-refractivity contribution in [3.05, 3.63) is 119 Å². The standard InChI is InChI=1S/C41H48/c1-3-32-14-16-34(17-15-32)29-35-18-20-37(21-19-35)40(31(2)12-13-33-9-5-4-6-10-33)38-24-22-36(23-25-38)39-11-7-26-41(30-39)27-8-28-41/h1,4-6,9-10,14-17,22-25,35,37,39-40H,2,7-8,11-13,18-21,26-30H2. The number of aryl methyl sites for hydroxylation is 1. The summed E-state index contributed by atoms with van der Waals surface area (Å²) in [5.74, 6) is 5.44. The Morgan fingerprint density at radius 3 is 2.17 bits per heavy atom. The van der Waals surface area contributed by atoms with Gasteiger partial charge in [-0.15, -0.1) is 6.42 Å². The van der Waals surface area contributed by atoms with Crippen molar-refractivity contribution in [2.45, 2.75) is 102 Å². The van der Waals surface area contributed by atoms with E-state index in [-0.39, 0.29) is 0 Å². The highest BCUT2D eigenvalue weighted by molar-refractivity contribution is 5.35. The van der Waals surface area contributed by atoms with Crippen molar-refractivity contribution in [3.63, 3.8) is 0 Å². The van der Waals surface area contributed by atoms with Crippen LogP contribution in [-0.2, 0) is 12.8 Å². The van der Waals surface area contributed by atoms with Crippen LogP contribution in [0.4, 0.5) is 0 Å². The molecule has 0 heterocycles. The van der Waals surface area contributed by atoms with Gasteiger partial charge in [-0.25, -0.2) is 0 Å². The van der Waals surface area contributed by atoms with Crippen molar-refractivity contribution in [1.82, 2.24) is 0 Å². The minimum Gasteiger partial charge on any atom is -0.115 e. The van der Waals surface area contributed by atoms with E-state index in [2.05, 4.69) is 84.8 Å². The predicted octanol–water partition coefficient (Wildman–Crippen LogP) is 10.8. The van der Waals surface area contributed by atoms with Gasteiger partial charge in [0.2, 0.25) is 0 Å². The molecular weight excluding hydrogens is 492 g/mol. The Bertz CT molecular complexity index is 1310. The fourth-order valence-corrected chi connectivity index (χ4v) is 8.58. The van der Waals surface area contributed by atoms with Gasteiger partial charge in [-0.3, -0.25) is 0 Å². The Kier molecular flexibility index (Phi) is 8.81. The molecule has 0 heteroatoms. The molecule has 0 bridgehead atoms. The van der Waals surface area contributed by atoms with Crippen LogP contribution in [-0.4, -0.2) is 0 Å². The van der Waals surface area contributed by atoms with Crippen molar-refractivity contribution in [1.29, 1.82) is 0 Å². The Hall–Kier alpha value is -3.04. The molecule has 0 aliphatic heterocycles. The highest BCUT2D eigenvalue weighted by atomic mass is 14.5. The molecule has 1 spiro atoms. The first-order valence-electron chi connectivity index (χ1n) is 16.5. The highest BCUT2D eigenvalue weighted by Crippen LogP contribution is 2.55. The molecule has 3 aliphatic carbocycles. The van der Waals surface area contributed by atoms with Gasteiger partial charge in [0.25, 0.3) is 0 Å². The largest absolute Gasteiger partial charge is 0.115 e. The normalized spacial score (nSPS) is 24.2. The zero-order chi connectivity index (χ0) is 28.1. The summed E-state index contributed by atoms with van der Waals surface area (Å²) in [6.45, 7) is 4.76. The third kappa shape index (κ3) is 6.72. The molecule has 41 heavy (non-hydrogen) atoms. The Morgan fingerprint density at radius 1 is 0.805 bits per heavy atom. The van der Waals surface area contributed by atoms with Crippen molar-refractivity contribution in [2.24, 2.45) is 17.3 Å². The second-order valence-electron chi connectivity index (χ2n) is 13.8. The van der Waals surface area contributed by atoms with Crippen molar-refractivity contribution in [3.8, 4) is 12.3 Å². The molecule has 3 aromatic carbocycles. The fourth-order valence-electron chi connectivity index (χ4n) is 8.58. The third-order valence-corrected chi connectivity index (χ3v) is 11.1. The predicted molar refractivity (Wildman–Crippen MR) is 174 cm³/mol. The summed E-state index contributed by atoms with van der Waals surface area (Å²) >= 11 is 0. The van der Waals surface area contributed by atoms with Crippen LogP contribution in [0.25, 0.3) is 0 Å². The zero-order valence-corrected chi connectivity index (χ0v) is 25.0. The summed E-state index contributed by atoms with van der Waals surface area (Å²) in [5.41, 5.74) is 9.05. The molecule has 0 amide bonds. The van der Waals surface area contributed by atoms with Crippen LogP contribution in [0.1, 0.15) is 117 Å². The monoisotopic (exact) mass is 540 g/mol. The number of benzene rings is 3. The molecule has 3 saturated carbocycles. The lowest BCUT2D eigenvalue weighted by atomic mass is 9.57. The Labute approximate surface area is 249 Å². The first-order chi connectivity index (χ1) is 20.1. The van der Waals surface area contributed by atoms with Gasteiger partial charge in [-0.1, -0.05) is 97.6 Å². The first-order valence-corrected chi connectivity index (χ1v) is 16.5. The van der Waals surface area contributed by atoms with E-state index in [9.17, 15) is 0 Å². The zero-order valence-electron chi connectivity index (χ0n) is 25.0. The number of hydrogen-bond acceptors (Lipinski definition) is 0. The first kappa shape index (κ1) is 28.1. The van der Waals surface area contributed by atoms with E-state index in [1.165, 1.54) is 99.3 Å². The third-order valence-electron chi connectivity index (χ3n) is 11.1. The minimum atomic E-state index is 0.466. The van der Waals surface area contributed by atoms with E-state index in [1.54, 1.807) is 5.56 Å². The molecule has 6 rings (SSSR count). The van der Waals surface area contributed by atoms with Crippen LogP contribution < -0.4 is 0 Å². The molecule has 3 aliphatic rings. The molecule has 212 valence electrons. The molecule has 3 fully saturated rings. The molecule has 0 nitrogen and oxygen atoms in total. The summed E-state index contributed by atoms with van der Waals surface area (Å²) in [7, 11) is 0. The van der Waals surface area contributed by atoms with Gasteiger partial charge in [-0.2, -0.15) is 0 Å². The Balaban J connectivity index is 1.14. The van der Waals surface area contributed by atoms with Gasteiger partial charge in [-0.05, 0) is 135 Å². The molecular formula is C41H48. The summed E-state index contributed by atoms with van der Waals surface area (Å²) in [6.07, 6.45) is 24.2. The molecule has 2 atom stereocenters. The van der Waals surface area contributed by atoms with Crippen LogP contribution in [0, 0.1) is 29.6 Å². The van der Waals surface area contributed by atoms with E-state index in [4.69, 9.17) is 13.0 Å². The second kappa shape index (κ2) is 12.9. The van der Waals surface area contributed by atoms with Crippen molar-refractivity contribution < 1.29 is 0 Å². The van der Waals surface area contributed by atoms with Gasteiger partial charge in [0.05, 0.1) is 0 Å².